The van der Waals surface area contributed by atoms with E-state index in [1.54, 1.807) is 24.3 Å². The van der Waals surface area contributed by atoms with Crippen LogP contribution in [-0.4, -0.2) is 37.1 Å². The van der Waals surface area contributed by atoms with Crippen molar-refractivity contribution >= 4 is 5.69 Å². The molecule has 1 fully saturated rings. The van der Waals surface area contributed by atoms with Gasteiger partial charge >= 0.3 is 0 Å². The molecule has 0 aromatic heterocycles. The molecule has 21 heavy (non-hydrogen) atoms. The minimum Gasteiger partial charge on any atom is -0.491 e. The van der Waals surface area contributed by atoms with E-state index >= 15 is 0 Å². The Morgan fingerprint density at radius 2 is 1.67 bits per heavy atom. The second-order valence-electron chi connectivity index (χ2n) is 4.88. The van der Waals surface area contributed by atoms with E-state index < -0.39 is 0 Å². The Bertz CT molecular complexity index is 325. The Hall–Kier alpha value is -1.30. The van der Waals surface area contributed by atoms with Crippen molar-refractivity contribution in [2.24, 2.45) is 11.7 Å². The lowest BCUT2D eigenvalue weighted by Crippen LogP contribution is -2.16. The van der Waals surface area contributed by atoms with E-state index in [2.05, 4.69) is 0 Å². The van der Waals surface area contributed by atoms with Crippen LogP contribution < -0.4 is 16.2 Å². The molecule has 1 aromatic carbocycles. The molecule has 0 unspecified atom stereocenters. The molecular weight excluding hydrogens is 268 g/mol. The van der Waals surface area contributed by atoms with Gasteiger partial charge in [0.1, 0.15) is 12.4 Å². The molecule has 1 aliphatic rings. The van der Waals surface area contributed by atoms with Gasteiger partial charge in [0.15, 0.2) is 0 Å². The molecule has 1 aliphatic carbocycles. The Labute approximate surface area is 127 Å². The summed E-state index contributed by atoms with van der Waals surface area (Å²) in [7, 11) is 1.00. The fourth-order valence-electron chi connectivity index (χ4n) is 2.15. The molecule has 0 bridgehead atoms. The van der Waals surface area contributed by atoms with Gasteiger partial charge in [-0.2, -0.15) is 0 Å². The Morgan fingerprint density at radius 1 is 1.10 bits per heavy atom. The van der Waals surface area contributed by atoms with Gasteiger partial charge in [0, 0.05) is 12.8 Å². The number of nitrogen functional groups attached to an aromatic ring is 1. The lowest BCUT2D eigenvalue weighted by Gasteiger charge is -2.18. The molecule has 1 aromatic rings. The summed E-state index contributed by atoms with van der Waals surface area (Å²) in [6.45, 7) is 1.27. The first-order chi connectivity index (χ1) is 10.3. The summed E-state index contributed by atoms with van der Waals surface area (Å²) >= 11 is 0. The van der Waals surface area contributed by atoms with Crippen LogP contribution in [0.3, 0.4) is 0 Å². The quantitative estimate of drug-likeness (QED) is 0.635. The monoisotopic (exact) mass is 298 g/mol. The molecule has 5 nitrogen and oxygen atoms in total. The number of hydrogen-bond acceptors (Lipinski definition) is 5. The van der Waals surface area contributed by atoms with Crippen molar-refractivity contribution in [3.05, 3.63) is 24.3 Å². The molecule has 0 radical (unpaired) electrons. The lowest BCUT2D eigenvalue weighted by molar-refractivity contribution is 0.201. The average molecular weight is 298 g/mol. The van der Waals surface area contributed by atoms with Gasteiger partial charge in [-0.1, -0.05) is 19.3 Å². The van der Waals surface area contributed by atoms with Crippen molar-refractivity contribution < 1.29 is 14.9 Å². The molecule has 2 rings (SSSR count). The van der Waals surface area contributed by atoms with Gasteiger partial charge in [0.05, 0.1) is 6.61 Å². The number of aliphatic hydroxyl groups is 2. The first kappa shape index (κ1) is 19.7. The maximum Gasteiger partial charge on any atom is 0.119 e. The molecule has 0 heterocycles. The van der Waals surface area contributed by atoms with Crippen LogP contribution in [0.25, 0.3) is 0 Å². The third-order valence-corrected chi connectivity index (χ3v) is 3.30. The highest BCUT2D eigenvalue weighted by Crippen LogP contribution is 2.21. The minimum absolute atomic E-state index is 0.0321. The summed E-state index contributed by atoms with van der Waals surface area (Å²) in [5.41, 5.74) is 11.7. The Kier molecular flexibility index (Phi) is 12.8. The lowest BCUT2D eigenvalue weighted by atomic mass is 9.90. The number of aliphatic hydroxyl groups excluding tert-OH is 2. The standard InChI is InChI=1S/C8H11NO2.C7H15N.CH4O/c9-7-1-3-8(4-2-7)11-6-5-10;8-6-7-4-2-1-3-5-7;1-2/h1-4,10H,5-6,9H2;7H,1-6,8H2;2H,1H3. The van der Waals surface area contributed by atoms with Crippen LogP contribution in [0.2, 0.25) is 0 Å². The van der Waals surface area contributed by atoms with Crippen molar-refractivity contribution in [3.63, 3.8) is 0 Å². The van der Waals surface area contributed by atoms with Gasteiger partial charge in [-0.25, -0.2) is 0 Å². The van der Waals surface area contributed by atoms with Crippen LogP contribution in [0.5, 0.6) is 5.75 Å². The fraction of sp³-hybridized carbons (Fsp3) is 0.625. The van der Waals surface area contributed by atoms with Gasteiger partial charge in [0.2, 0.25) is 0 Å². The van der Waals surface area contributed by atoms with Crippen molar-refractivity contribution in [3.8, 4) is 5.75 Å². The zero-order chi connectivity index (χ0) is 15.9. The van der Waals surface area contributed by atoms with Crippen LogP contribution in [0.4, 0.5) is 5.69 Å². The number of benzene rings is 1. The Morgan fingerprint density at radius 3 is 2.10 bits per heavy atom. The fourth-order valence-corrected chi connectivity index (χ4v) is 2.15. The number of rotatable bonds is 4. The smallest absolute Gasteiger partial charge is 0.119 e. The molecular formula is C16H30N2O3. The maximum absolute atomic E-state index is 8.43. The van der Waals surface area contributed by atoms with E-state index in [0.717, 1.165) is 25.3 Å². The minimum atomic E-state index is 0.0321. The van der Waals surface area contributed by atoms with Crippen LogP contribution in [0, 0.1) is 5.92 Å². The normalized spacial score (nSPS) is 14.3. The second-order valence-corrected chi connectivity index (χ2v) is 4.88. The van der Waals surface area contributed by atoms with Crippen LogP contribution in [0.15, 0.2) is 24.3 Å². The van der Waals surface area contributed by atoms with Gasteiger partial charge < -0.3 is 26.4 Å². The third kappa shape index (κ3) is 10.1. The molecule has 6 N–H and O–H groups in total. The zero-order valence-electron chi connectivity index (χ0n) is 13.0. The summed E-state index contributed by atoms with van der Waals surface area (Å²) in [5, 5.41) is 15.4. The van der Waals surface area contributed by atoms with E-state index in [1.165, 1.54) is 32.1 Å². The molecule has 0 spiro atoms. The number of nitrogens with two attached hydrogens (primary N) is 2. The van der Waals surface area contributed by atoms with E-state index in [0.29, 0.717) is 12.3 Å². The largest absolute Gasteiger partial charge is 0.491 e. The van der Waals surface area contributed by atoms with Gasteiger partial charge in [-0.15, -0.1) is 0 Å². The van der Waals surface area contributed by atoms with Crippen LogP contribution in [0.1, 0.15) is 32.1 Å². The number of ether oxygens (including phenoxy) is 1. The van der Waals surface area contributed by atoms with E-state index in [9.17, 15) is 0 Å². The number of anilines is 1. The van der Waals surface area contributed by atoms with Crippen molar-refractivity contribution in [2.45, 2.75) is 32.1 Å². The SMILES string of the molecule is CO.NCC1CCCCC1.Nc1ccc(OCCO)cc1. The molecule has 0 saturated heterocycles. The predicted octanol–water partition coefficient (Wildman–Crippen LogP) is 1.77. The number of hydrogen-bond donors (Lipinski definition) is 4. The third-order valence-electron chi connectivity index (χ3n) is 3.30. The molecule has 0 atom stereocenters. The highest BCUT2D eigenvalue weighted by atomic mass is 16.5. The average Bonchev–Trinajstić information content (AvgIpc) is 2.57. The second kappa shape index (κ2) is 13.7. The molecule has 0 aliphatic heterocycles. The van der Waals surface area contributed by atoms with Gasteiger partial charge in [-0.3, -0.25) is 0 Å². The summed E-state index contributed by atoms with van der Waals surface area (Å²) in [6, 6.07) is 7.05. The molecule has 5 heteroatoms. The highest BCUT2D eigenvalue weighted by molar-refractivity contribution is 5.41. The van der Waals surface area contributed by atoms with Crippen molar-refractivity contribution in [2.75, 3.05) is 32.6 Å². The summed E-state index contributed by atoms with van der Waals surface area (Å²) in [4.78, 5) is 0. The summed E-state index contributed by atoms with van der Waals surface area (Å²) in [5.74, 6) is 1.59. The maximum atomic E-state index is 8.43. The predicted molar refractivity (Wildman–Crippen MR) is 87.2 cm³/mol. The molecule has 122 valence electrons. The van der Waals surface area contributed by atoms with E-state index in [1.807, 2.05) is 0 Å². The highest BCUT2D eigenvalue weighted by Gasteiger charge is 2.09. The first-order valence-electron chi connectivity index (χ1n) is 7.50. The topological polar surface area (TPSA) is 102 Å². The zero-order valence-corrected chi connectivity index (χ0v) is 13.0. The molecule has 1 saturated carbocycles. The van der Waals surface area contributed by atoms with E-state index in [4.69, 9.17) is 26.4 Å². The van der Waals surface area contributed by atoms with E-state index in [-0.39, 0.29) is 6.61 Å². The first-order valence-corrected chi connectivity index (χ1v) is 7.50. The molecule has 0 amide bonds. The van der Waals surface area contributed by atoms with Crippen LogP contribution >= 0.6 is 0 Å². The van der Waals surface area contributed by atoms with Crippen LogP contribution in [-0.2, 0) is 0 Å². The van der Waals surface area contributed by atoms with Crippen molar-refractivity contribution in [1.29, 1.82) is 0 Å². The van der Waals surface area contributed by atoms with Crippen molar-refractivity contribution in [1.82, 2.24) is 0 Å². The van der Waals surface area contributed by atoms with Gasteiger partial charge in [-0.05, 0) is 49.6 Å². The summed E-state index contributed by atoms with van der Waals surface area (Å²) < 4.78 is 5.10. The summed E-state index contributed by atoms with van der Waals surface area (Å²) in [6.07, 6.45) is 7.05. The van der Waals surface area contributed by atoms with Gasteiger partial charge in [0.25, 0.3) is 0 Å². The Balaban J connectivity index is 0.000000354.